The zero-order chi connectivity index (χ0) is 15.8. The molecule has 0 nitrogen and oxygen atoms in total. The molecule has 0 saturated carbocycles. The summed E-state index contributed by atoms with van der Waals surface area (Å²) in [7, 11) is 0. The standard InChI is InChI=1S/C17H16BrClF2/c1-17(2,3)11-6-4-10(5-7-11)16(19)12-8-15(21)13(18)9-14(12)20/h4-9,16H,1-3H3. The van der Waals surface area contributed by atoms with Gasteiger partial charge in [0.15, 0.2) is 0 Å². The van der Waals surface area contributed by atoms with Crippen molar-refractivity contribution in [3.05, 3.63) is 69.2 Å². The molecular weight excluding hydrogens is 358 g/mol. The zero-order valence-corrected chi connectivity index (χ0v) is 14.4. The molecule has 0 N–H and O–H groups in total. The van der Waals surface area contributed by atoms with Gasteiger partial charge in [-0.05, 0) is 44.6 Å². The first-order valence-corrected chi connectivity index (χ1v) is 7.82. The molecule has 2 aromatic carbocycles. The highest BCUT2D eigenvalue weighted by atomic mass is 79.9. The molecule has 1 atom stereocenters. The van der Waals surface area contributed by atoms with Gasteiger partial charge in [0, 0.05) is 5.56 Å². The first kappa shape index (κ1) is 16.4. The van der Waals surface area contributed by atoms with E-state index in [1.165, 1.54) is 0 Å². The van der Waals surface area contributed by atoms with Crippen molar-refractivity contribution in [1.29, 1.82) is 0 Å². The molecule has 0 aromatic heterocycles. The fraction of sp³-hybridized carbons (Fsp3) is 0.294. The summed E-state index contributed by atoms with van der Waals surface area (Å²) in [6.45, 7) is 6.35. The number of benzene rings is 2. The van der Waals surface area contributed by atoms with Crippen LogP contribution >= 0.6 is 27.5 Å². The molecule has 0 bridgehead atoms. The molecule has 2 rings (SSSR count). The van der Waals surface area contributed by atoms with E-state index in [0.29, 0.717) is 0 Å². The number of hydrogen-bond acceptors (Lipinski definition) is 0. The lowest BCUT2D eigenvalue weighted by molar-refractivity contribution is 0.581. The smallest absolute Gasteiger partial charge is 0.137 e. The number of rotatable bonds is 2. The van der Waals surface area contributed by atoms with E-state index in [1.54, 1.807) is 0 Å². The molecule has 0 amide bonds. The maximum Gasteiger partial charge on any atom is 0.137 e. The molecule has 0 aliphatic carbocycles. The van der Waals surface area contributed by atoms with Gasteiger partial charge in [0.1, 0.15) is 11.6 Å². The van der Waals surface area contributed by atoms with Crippen molar-refractivity contribution < 1.29 is 8.78 Å². The number of alkyl halides is 1. The Kier molecular flexibility index (Phi) is 4.74. The third-order valence-electron chi connectivity index (χ3n) is 3.38. The van der Waals surface area contributed by atoms with Crippen molar-refractivity contribution in [3.8, 4) is 0 Å². The Morgan fingerprint density at radius 2 is 1.57 bits per heavy atom. The summed E-state index contributed by atoms with van der Waals surface area (Å²) in [5, 5.41) is -0.721. The Bertz CT molecular complexity index is 645. The maximum atomic E-state index is 14.0. The van der Waals surface area contributed by atoms with Crippen molar-refractivity contribution >= 4 is 27.5 Å². The molecule has 0 radical (unpaired) electrons. The van der Waals surface area contributed by atoms with Gasteiger partial charge >= 0.3 is 0 Å². The third kappa shape index (κ3) is 3.64. The number of halogens is 4. The Labute approximate surface area is 137 Å². The normalized spacial score (nSPS) is 13.3. The van der Waals surface area contributed by atoms with Crippen LogP contribution < -0.4 is 0 Å². The minimum absolute atomic E-state index is 0.0370. The van der Waals surface area contributed by atoms with E-state index in [4.69, 9.17) is 11.6 Å². The summed E-state index contributed by atoms with van der Waals surface area (Å²) in [5.74, 6) is -1.05. The minimum atomic E-state index is -0.721. The molecule has 0 spiro atoms. The van der Waals surface area contributed by atoms with Gasteiger partial charge < -0.3 is 0 Å². The van der Waals surface area contributed by atoms with Crippen molar-refractivity contribution in [2.75, 3.05) is 0 Å². The van der Waals surface area contributed by atoms with Crippen LogP contribution in [-0.4, -0.2) is 0 Å². The lowest BCUT2D eigenvalue weighted by Crippen LogP contribution is -2.11. The highest BCUT2D eigenvalue weighted by molar-refractivity contribution is 9.10. The van der Waals surface area contributed by atoms with Crippen LogP contribution in [0.3, 0.4) is 0 Å². The predicted molar refractivity (Wildman–Crippen MR) is 86.9 cm³/mol. The van der Waals surface area contributed by atoms with E-state index in [1.807, 2.05) is 24.3 Å². The topological polar surface area (TPSA) is 0 Å². The second kappa shape index (κ2) is 6.05. The van der Waals surface area contributed by atoms with E-state index in [2.05, 4.69) is 36.7 Å². The lowest BCUT2D eigenvalue weighted by Gasteiger charge is -2.20. The SMILES string of the molecule is CC(C)(C)c1ccc(C(Cl)c2cc(F)c(Br)cc2F)cc1. The van der Waals surface area contributed by atoms with Gasteiger partial charge in [-0.2, -0.15) is 0 Å². The lowest BCUT2D eigenvalue weighted by atomic mass is 9.86. The molecule has 21 heavy (non-hydrogen) atoms. The van der Waals surface area contributed by atoms with Crippen molar-refractivity contribution in [2.45, 2.75) is 31.6 Å². The van der Waals surface area contributed by atoms with Crippen LogP contribution in [0.2, 0.25) is 0 Å². The van der Waals surface area contributed by atoms with Gasteiger partial charge in [-0.25, -0.2) is 8.78 Å². The molecule has 4 heteroatoms. The first-order valence-electron chi connectivity index (χ1n) is 6.59. The average molecular weight is 374 g/mol. The minimum Gasteiger partial charge on any atom is -0.207 e. The Morgan fingerprint density at radius 1 is 1.00 bits per heavy atom. The molecule has 0 aliphatic heterocycles. The van der Waals surface area contributed by atoms with Crippen molar-refractivity contribution in [3.63, 3.8) is 0 Å². The van der Waals surface area contributed by atoms with Gasteiger partial charge in [-0.1, -0.05) is 45.0 Å². The van der Waals surface area contributed by atoms with Crippen LogP contribution in [0.1, 0.15) is 42.8 Å². The number of hydrogen-bond donors (Lipinski definition) is 0. The molecule has 2 aromatic rings. The molecule has 0 saturated heterocycles. The Balaban J connectivity index is 2.36. The largest absolute Gasteiger partial charge is 0.207 e. The fourth-order valence-corrected chi connectivity index (χ4v) is 2.69. The molecule has 112 valence electrons. The van der Waals surface area contributed by atoms with Crippen LogP contribution in [0.15, 0.2) is 40.9 Å². The van der Waals surface area contributed by atoms with E-state index in [9.17, 15) is 8.78 Å². The summed E-state index contributed by atoms with van der Waals surface area (Å²) in [5.41, 5.74) is 2.08. The van der Waals surface area contributed by atoms with Crippen molar-refractivity contribution in [2.24, 2.45) is 0 Å². The maximum absolute atomic E-state index is 14.0. The first-order chi connectivity index (χ1) is 9.70. The third-order valence-corrected chi connectivity index (χ3v) is 4.48. The molecule has 0 fully saturated rings. The van der Waals surface area contributed by atoms with Crippen LogP contribution in [0.25, 0.3) is 0 Å². The zero-order valence-electron chi connectivity index (χ0n) is 12.1. The monoisotopic (exact) mass is 372 g/mol. The second-order valence-corrected chi connectivity index (χ2v) is 7.31. The average Bonchev–Trinajstić information content (AvgIpc) is 2.41. The molecule has 0 heterocycles. The summed E-state index contributed by atoms with van der Waals surface area (Å²) in [6.07, 6.45) is 0. The fourth-order valence-electron chi connectivity index (χ4n) is 2.06. The summed E-state index contributed by atoms with van der Waals surface area (Å²) < 4.78 is 27.6. The molecular formula is C17H16BrClF2. The van der Waals surface area contributed by atoms with Gasteiger partial charge in [0.2, 0.25) is 0 Å². The molecule has 0 aliphatic rings. The molecule has 1 unspecified atom stereocenters. The highest BCUT2D eigenvalue weighted by Gasteiger charge is 2.19. The van der Waals surface area contributed by atoms with E-state index < -0.39 is 17.0 Å². The van der Waals surface area contributed by atoms with Crippen LogP contribution in [-0.2, 0) is 5.41 Å². The second-order valence-electron chi connectivity index (χ2n) is 6.02. The van der Waals surface area contributed by atoms with Gasteiger partial charge in [0.05, 0.1) is 9.85 Å². The summed E-state index contributed by atoms with van der Waals surface area (Å²) in [4.78, 5) is 0. The van der Waals surface area contributed by atoms with Gasteiger partial charge in [0.25, 0.3) is 0 Å². The Morgan fingerprint density at radius 3 is 2.10 bits per heavy atom. The van der Waals surface area contributed by atoms with E-state index in [0.717, 1.165) is 23.3 Å². The quantitative estimate of drug-likeness (QED) is 0.425. The van der Waals surface area contributed by atoms with Crippen LogP contribution in [0, 0.1) is 11.6 Å². The highest BCUT2D eigenvalue weighted by Crippen LogP contribution is 2.34. The van der Waals surface area contributed by atoms with Gasteiger partial charge in [-0.3, -0.25) is 0 Å². The Hall–Kier alpha value is -0.930. The van der Waals surface area contributed by atoms with Crippen LogP contribution in [0.4, 0.5) is 8.78 Å². The van der Waals surface area contributed by atoms with Crippen LogP contribution in [0.5, 0.6) is 0 Å². The summed E-state index contributed by atoms with van der Waals surface area (Å²) >= 11 is 9.26. The van der Waals surface area contributed by atoms with E-state index >= 15 is 0 Å². The van der Waals surface area contributed by atoms with Gasteiger partial charge in [-0.15, -0.1) is 11.6 Å². The van der Waals surface area contributed by atoms with E-state index in [-0.39, 0.29) is 15.5 Å². The van der Waals surface area contributed by atoms with Crippen molar-refractivity contribution in [1.82, 2.24) is 0 Å². The predicted octanol–water partition coefficient (Wildman–Crippen LogP) is 6.35. The summed E-state index contributed by atoms with van der Waals surface area (Å²) in [6, 6.07) is 9.89.